The number of carboxylic acids is 1. The summed E-state index contributed by atoms with van der Waals surface area (Å²) in [5.41, 5.74) is 3.34. The summed E-state index contributed by atoms with van der Waals surface area (Å²) in [6.45, 7) is 2.54. The van der Waals surface area contributed by atoms with E-state index >= 15 is 0 Å². The lowest BCUT2D eigenvalue weighted by molar-refractivity contribution is -0.136. The van der Waals surface area contributed by atoms with Gasteiger partial charge in [0.1, 0.15) is 5.75 Å². The van der Waals surface area contributed by atoms with Gasteiger partial charge >= 0.3 is 5.97 Å². The Bertz CT molecular complexity index is 649. The minimum Gasteiger partial charge on any atom is -0.493 e. The molecule has 2 aromatic rings. The maximum absolute atomic E-state index is 10.8. The Morgan fingerprint density at radius 1 is 1.14 bits per heavy atom. The molecule has 0 saturated carbocycles. The second-order valence-corrected chi connectivity index (χ2v) is 5.10. The summed E-state index contributed by atoms with van der Waals surface area (Å²) in [6, 6.07) is 13.1. The van der Waals surface area contributed by atoms with Crippen molar-refractivity contribution in [2.75, 3.05) is 6.61 Å². The van der Waals surface area contributed by atoms with Crippen LogP contribution in [-0.2, 0) is 17.8 Å². The molecule has 0 unspecified atom stereocenters. The molecule has 0 spiro atoms. The predicted molar refractivity (Wildman–Crippen MR) is 84.9 cm³/mol. The van der Waals surface area contributed by atoms with Crippen LogP contribution in [0.25, 0.3) is 11.1 Å². The Hall–Kier alpha value is -2.33. The molecule has 2 aromatic carbocycles. The van der Waals surface area contributed by atoms with Gasteiger partial charge in [0.2, 0.25) is 0 Å². The number of aliphatic hydroxyl groups is 1. The molecular weight excluding hydrogens is 280 g/mol. The highest BCUT2D eigenvalue weighted by Gasteiger charge is 2.07. The Balaban J connectivity index is 2.30. The normalized spacial score (nSPS) is 10.5. The highest BCUT2D eigenvalue weighted by molar-refractivity contribution is 5.72. The lowest BCUT2D eigenvalue weighted by Gasteiger charge is -2.12. The SMILES string of the molecule is CCCOc1ccc(-c2cccc(CC(=O)O)c2)cc1CO. The van der Waals surface area contributed by atoms with Crippen molar-refractivity contribution in [2.24, 2.45) is 0 Å². The van der Waals surface area contributed by atoms with Crippen molar-refractivity contribution in [1.29, 1.82) is 0 Å². The molecule has 0 aliphatic carbocycles. The summed E-state index contributed by atoms with van der Waals surface area (Å²) >= 11 is 0. The fourth-order valence-electron chi connectivity index (χ4n) is 2.27. The van der Waals surface area contributed by atoms with Crippen molar-refractivity contribution in [2.45, 2.75) is 26.4 Å². The summed E-state index contributed by atoms with van der Waals surface area (Å²) in [5, 5.41) is 18.4. The van der Waals surface area contributed by atoms with Gasteiger partial charge in [-0.3, -0.25) is 4.79 Å². The van der Waals surface area contributed by atoms with E-state index in [0.717, 1.165) is 28.7 Å². The van der Waals surface area contributed by atoms with E-state index in [9.17, 15) is 9.90 Å². The van der Waals surface area contributed by atoms with Crippen LogP contribution in [0, 0.1) is 0 Å². The summed E-state index contributed by atoms with van der Waals surface area (Å²) in [7, 11) is 0. The number of hydrogen-bond donors (Lipinski definition) is 2. The van der Waals surface area contributed by atoms with Gasteiger partial charge in [0.05, 0.1) is 19.6 Å². The van der Waals surface area contributed by atoms with Crippen LogP contribution in [0.3, 0.4) is 0 Å². The lowest BCUT2D eigenvalue weighted by Crippen LogP contribution is -2.00. The smallest absolute Gasteiger partial charge is 0.307 e. The van der Waals surface area contributed by atoms with Gasteiger partial charge in [-0.05, 0) is 35.2 Å². The van der Waals surface area contributed by atoms with Gasteiger partial charge in [0, 0.05) is 5.56 Å². The van der Waals surface area contributed by atoms with Crippen LogP contribution in [-0.4, -0.2) is 22.8 Å². The molecule has 116 valence electrons. The molecule has 0 fully saturated rings. The first-order valence-corrected chi connectivity index (χ1v) is 7.31. The largest absolute Gasteiger partial charge is 0.493 e. The number of rotatable bonds is 7. The minimum atomic E-state index is -0.850. The van der Waals surface area contributed by atoms with Gasteiger partial charge in [-0.15, -0.1) is 0 Å². The summed E-state index contributed by atoms with van der Waals surface area (Å²) in [4.78, 5) is 10.8. The van der Waals surface area contributed by atoms with E-state index in [1.807, 2.05) is 43.3 Å². The van der Waals surface area contributed by atoms with Crippen molar-refractivity contribution in [3.63, 3.8) is 0 Å². The fourth-order valence-corrected chi connectivity index (χ4v) is 2.27. The number of benzene rings is 2. The first-order chi connectivity index (χ1) is 10.6. The van der Waals surface area contributed by atoms with E-state index in [1.165, 1.54) is 0 Å². The Morgan fingerprint density at radius 2 is 1.91 bits per heavy atom. The molecular formula is C18H20O4. The quantitative estimate of drug-likeness (QED) is 0.823. The number of aliphatic hydroxyl groups excluding tert-OH is 1. The summed E-state index contributed by atoms with van der Waals surface area (Å²) in [5.74, 6) is -0.161. The molecule has 4 heteroatoms. The molecule has 0 saturated heterocycles. The zero-order chi connectivity index (χ0) is 15.9. The number of carboxylic acid groups (broad SMARTS) is 1. The zero-order valence-corrected chi connectivity index (χ0v) is 12.6. The highest BCUT2D eigenvalue weighted by Crippen LogP contribution is 2.27. The summed E-state index contributed by atoms with van der Waals surface area (Å²) in [6.07, 6.45) is 0.905. The third-order valence-electron chi connectivity index (χ3n) is 3.31. The molecule has 0 radical (unpaired) electrons. The van der Waals surface area contributed by atoms with Crippen molar-refractivity contribution in [3.8, 4) is 16.9 Å². The third kappa shape index (κ3) is 4.09. The van der Waals surface area contributed by atoms with Crippen LogP contribution in [0.4, 0.5) is 0 Å². The second kappa shape index (κ2) is 7.61. The minimum absolute atomic E-state index is 0.00160. The van der Waals surface area contributed by atoms with Gasteiger partial charge in [-0.2, -0.15) is 0 Å². The summed E-state index contributed by atoms with van der Waals surface area (Å²) < 4.78 is 5.61. The monoisotopic (exact) mass is 300 g/mol. The van der Waals surface area contributed by atoms with Crippen molar-refractivity contribution < 1.29 is 19.7 Å². The van der Waals surface area contributed by atoms with Crippen molar-refractivity contribution >= 4 is 5.97 Å². The second-order valence-electron chi connectivity index (χ2n) is 5.10. The average molecular weight is 300 g/mol. The highest BCUT2D eigenvalue weighted by atomic mass is 16.5. The first-order valence-electron chi connectivity index (χ1n) is 7.31. The van der Waals surface area contributed by atoms with E-state index in [1.54, 1.807) is 6.07 Å². The number of aliphatic carboxylic acids is 1. The predicted octanol–water partition coefficient (Wildman–Crippen LogP) is 3.26. The maximum atomic E-state index is 10.8. The van der Waals surface area contributed by atoms with Crippen LogP contribution >= 0.6 is 0 Å². The van der Waals surface area contributed by atoms with E-state index in [0.29, 0.717) is 12.4 Å². The Morgan fingerprint density at radius 3 is 2.59 bits per heavy atom. The van der Waals surface area contributed by atoms with Gasteiger partial charge in [-0.1, -0.05) is 37.3 Å². The average Bonchev–Trinajstić information content (AvgIpc) is 2.52. The maximum Gasteiger partial charge on any atom is 0.307 e. The van der Waals surface area contributed by atoms with E-state index in [-0.39, 0.29) is 13.0 Å². The van der Waals surface area contributed by atoms with Gasteiger partial charge in [-0.25, -0.2) is 0 Å². The molecule has 2 rings (SSSR count). The molecule has 0 aliphatic rings. The number of carbonyl (C=O) groups is 1. The van der Waals surface area contributed by atoms with Gasteiger partial charge in [0.25, 0.3) is 0 Å². The molecule has 0 aliphatic heterocycles. The van der Waals surface area contributed by atoms with Crippen molar-refractivity contribution in [1.82, 2.24) is 0 Å². The third-order valence-corrected chi connectivity index (χ3v) is 3.31. The first kappa shape index (κ1) is 16.0. The topological polar surface area (TPSA) is 66.8 Å². The molecule has 0 heterocycles. The van der Waals surface area contributed by atoms with Crippen LogP contribution < -0.4 is 4.74 Å². The van der Waals surface area contributed by atoms with Gasteiger partial charge in [0.15, 0.2) is 0 Å². The van der Waals surface area contributed by atoms with Gasteiger partial charge < -0.3 is 14.9 Å². The fraction of sp³-hybridized carbons (Fsp3) is 0.278. The van der Waals surface area contributed by atoms with Crippen LogP contribution in [0.1, 0.15) is 24.5 Å². The molecule has 0 aromatic heterocycles. The molecule has 4 nitrogen and oxygen atoms in total. The zero-order valence-electron chi connectivity index (χ0n) is 12.6. The molecule has 22 heavy (non-hydrogen) atoms. The number of hydrogen-bond acceptors (Lipinski definition) is 3. The Kier molecular flexibility index (Phi) is 5.55. The standard InChI is InChI=1S/C18H20O4/c1-2-8-22-17-7-6-15(11-16(17)12-19)14-5-3-4-13(9-14)10-18(20)21/h3-7,9,11,19H,2,8,10,12H2,1H3,(H,20,21). The van der Waals surface area contributed by atoms with Crippen LogP contribution in [0.2, 0.25) is 0 Å². The van der Waals surface area contributed by atoms with Crippen molar-refractivity contribution in [3.05, 3.63) is 53.6 Å². The van der Waals surface area contributed by atoms with E-state index < -0.39 is 5.97 Å². The lowest BCUT2D eigenvalue weighted by atomic mass is 10.00. The molecule has 0 bridgehead atoms. The van der Waals surface area contributed by atoms with Crippen LogP contribution in [0.5, 0.6) is 5.75 Å². The molecule has 0 atom stereocenters. The number of ether oxygens (including phenoxy) is 1. The van der Waals surface area contributed by atoms with E-state index in [2.05, 4.69) is 0 Å². The molecule has 0 amide bonds. The Labute approximate surface area is 130 Å². The van der Waals surface area contributed by atoms with Crippen LogP contribution in [0.15, 0.2) is 42.5 Å². The molecule has 2 N–H and O–H groups in total. The van der Waals surface area contributed by atoms with E-state index in [4.69, 9.17) is 9.84 Å².